The van der Waals surface area contributed by atoms with Crippen LogP contribution >= 0.6 is 0 Å². The van der Waals surface area contributed by atoms with Gasteiger partial charge in [-0.15, -0.1) is 0 Å². The molecule has 0 spiro atoms. The first-order valence-corrected chi connectivity index (χ1v) is 17.6. The lowest BCUT2D eigenvalue weighted by Crippen LogP contribution is -2.54. The fourth-order valence-electron chi connectivity index (χ4n) is 6.06. The van der Waals surface area contributed by atoms with Gasteiger partial charge in [0.2, 0.25) is 24.0 Å². The lowest BCUT2D eigenvalue weighted by Gasteiger charge is -2.35. The number of primary amides is 1. The van der Waals surface area contributed by atoms with E-state index in [0.717, 1.165) is 36.4 Å². The second-order valence-corrected chi connectivity index (χ2v) is 12.9. The van der Waals surface area contributed by atoms with Gasteiger partial charge in [0.25, 0.3) is 11.5 Å². The molecule has 1 aromatic heterocycles. The molecule has 1 aromatic rings. The molecule has 10 atom stereocenters. The molecule has 4 heterocycles. The Labute approximate surface area is 308 Å². The highest BCUT2D eigenvalue weighted by atomic mass is 16.7. The van der Waals surface area contributed by atoms with Crippen LogP contribution in [0.15, 0.2) is 33.7 Å². The number of aromatic nitrogens is 2. The Morgan fingerprint density at radius 2 is 1.87 bits per heavy atom. The van der Waals surface area contributed by atoms with Crippen molar-refractivity contribution in [1.29, 1.82) is 0 Å². The average molecular weight is 769 g/mol. The molecule has 0 aliphatic carbocycles. The van der Waals surface area contributed by atoms with Gasteiger partial charge in [-0.2, -0.15) is 0 Å². The first kappa shape index (κ1) is 42.1. The second kappa shape index (κ2) is 19.6. The van der Waals surface area contributed by atoms with Gasteiger partial charge in [0.15, 0.2) is 24.2 Å². The smallest absolute Gasteiger partial charge is 0.330 e. The first-order chi connectivity index (χ1) is 25.7. The van der Waals surface area contributed by atoms with Crippen molar-refractivity contribution in [1.82, 2.24) is 25.5 Å². The maximum atomic E-state index is 13.2. The highest BCUT2D eigenvalue weighted by Crippen LogP contribution is 2.36. The summed E-state index contributed by atoms with van der Waals surface area (Å²) >= 11 is 0. The van der Waals surface area contributed by atoms with Crippen LogP contribution in [-0.2, 0) is 52.4 Å². The van der Waals surface area contributed by atoms with E-state index < -0.39 is 108 Å². The molecule has 21 nitrogen and oxygen atoms in total. The minimum Gasteiger partial charge on any atom is -0.456 e. The first-order valence-electron chi connectivity index (χ1n) is 17.6. The highest BCUT2D eigenvalue weighted by molar-refractivity contribution is 5.95. The maximum absolute atomic E-state index is 13.2. The van der Waals surface area contributed by atoms with Crippen LogP contribution in [0.4, 0.5) is 0 Å². The molecule has 1 unspecified atom stereocenters. The highest BCUT2D eigenvalue weighted by Gasteiger charge is 2.55. The van der Waals surface area contributed by atoms with Crippen molar-refractivity contribution in [3.05, 3.63) is 44.9 Å². The Morgan fingerprint density at radius 3 is 2.56 bits per heavy atom. The van der Waals surface area contributed by atoms with E-state index in [9.17, 15) is 43.8 Å². The third-order valence-electron chi connectivity index (χ3n) is 8.78. The van der Waals surface area contributed by atoms with Gasteiger partial charge in [-0.3, -0.25) is 38.3 Å². The topological polar surface area (TPSA) is 298 Å². The Morgan fingerprint density at radius 1 is 1.11 bits per heavy atom. The third kappa shape index (κ3) is 10.9. The van der Waals surface area contributed by atoms with Gasteiger partial charge >= 0.3 is 11.7 Å². The van der Waals surface area contributed by atoms with Crippen molar-refractivity contribution in [3.8, 4) is 0 Å². The summed E-state index contributed by atoms with van der Waals surface area (Å²) < 4.78 is 34.7. The van der Waals surface area contributed by atoms with Gasteiger partial charge in [-0.25, -0.2) is 4.79 Å². The fourth-order valence-corrected chi connectivity index (χ4v) is 6.06. The van der Waals surface area contributed by atoms with Crippen molar-refractivity contribution in [2.45, 2.75) is 114 Å². The number of ether oxygens (including phenoxy) is 6. The van der Waals surface area contributed by atoms with Gasteiger partial charge in [-0.1, -0.05) is 6.92 Å². The predicted molar refractivity (Wildman–Crippen MR) is 182 cm³/mol. The number of nitrogens with zero attached hydrogens (tertiary/aromatic N) is 1. The van der Waals surface area contributed by atoms with E-state index >= 15 is 0 Å². The minimum atomic E-state index is -1.94. The van der Waals surface area contributed by atoms with E-state index in [1.165, 1.54) is 0 Å². The largest absolute Gasteiger partial charge is 0.456 e. The number of hydrogen-bond donors (Lipinski definition) is 7. The van der Waals surface area contributed by atoms with E-state index in [1.54, 1.807) is 0 Å². The lowest BCUT2D eigenvalue weighted by atomic mass is 10.0. The van der Waals surface area contributed by atoms with Crippen LogP contribution in [0.5, 0.6) is 0 Å². The van der Waals surface area contributed by atoms with Gasteiger partial charge in [-0.05, 0) is 38.7 Å². The normalized spacial score (nSPS) is 28.8. The molecule has 3 aliphatic heterocycles. The number of carbonyl (C=O) groups excluding carboxylic acids is 5. The van der Waals surface area contributed by atoms with Crippen LogP contribution in [0.2, 0.25) is 0 Å². The number of hydrogen-bond acceptors (Lipinski definition) is 15. The molecule has 54 heavy (non-hydrogen) atoms. The molecule has 0 radical (unpaired) electrons. The Balaban J connectivity index is 1.52. The maximum Gasteiger partial charge on any atom is 0.330 e. The molecular formula is C33H48N6O15. The van der Waals surface area contributed by atoms with Crippen molar-refractivity contribution >= 4 is 29.6 Å². The standard InChI is InChI=1S/C33H48N6O15/c1-4-13-50-14-11-35-20(41)8-9-22(43)52-27-24(49-3)25(53-31(27)39-12-10-21(42)38-33(39)48)26(28(34)45)54-32-23(44)18(40)15-19(51-32)30(47)37-17-7-5-6-16(2)36-29(17)46/h10,12,15-18,23-27,31-32,40,44H,4-9,11,13-14H2,1-3H3,(H2,34,45)(H,35,41)(H,36,46)(H,37,47)(H,38,42,48)/t16-,17?,18+,23+,24-,25+,26-,27-,31-,32-/m1/s1. The number of aliphatic hydroxyl groups excluding tert-OH is 2. The molecule has 2 saturated heterocycles. The number of nitrogens with two attached hydrogens (primary N) is 1. The van der Waals surface area contributed by atoms with Crippen LogP contribution in [-0.4, -0.2) is 131 Å². The summed E-state index contributed by atoms with van der Waals surface area (Å²) in [5, 5.41) is 29.3. The summed E-state index contributed by atoms with van der Waals surface area (Å²) in [5.74, 6) is -4.49. The quantitative estimate of drug-likeness (QED) is 0.0603. The molecular weight excluding hydrogens is 720 g/mol. The van der Waals surface area contributed by atoms with E-state index in [2.05, 4.69) is 16.0 Å². The molecule has 0 saturated carbocycles. The number of aliphatic hydroxyl groups is 2. The fraction of sp³-hybridized carbons (Fsp3) is 0.667. The number of nitrogens with one attached hydrogen (secondary N) is 4. The van der Waals surface area contributed by atoms with Crippen LogP contribution in [0.25, 0.3) is 0 Å². The zero-order valence-electron chi connectivity index (χ0n) is 30.1. The van der Waals surface area contributed by atoms with E-state index in [-0.39, 0.29) is 25.6 Å². The van der Waals surface area contributed by atoms with Gasteiger partial charge in [0.1, 0.15) is 30.5 Å². The van der Waals surface area contributed by atoms with Crippen molar-refractivity contribution in [2.24, 2.45) is 5.73 Å². The van der Waals surface area contributed by atoms with Gasteiger partial charge in [0.05, 0.1) is 13.0 Å². The Kier molecular flexibility index (Phi) is 15.3. The molecule has 0 bridgehead atoms. The zero-order chi connectivity index (χ0) is 39.5. The molecule has 3 aliphatic rings. The summed E-state index contributed by atoms with van der Waals surface area (Å²) in [6.07, 6.45) is -9.92. The number of H-pyrrole nitrogens is 1. The molecule has 4 rings (SSSR count). The van der Waals surface area contributed by atoms with Crippen LogP contribution in [0.1, 0.15) is 58.6 Å². The second-order valence-electron chi connectivity index (χ2n) is 12.9. The van der Waals surface area contributed by atoms with Crippen LogP contribution < -0.4 is 32.9 Å². The van der Waals surface area contributed by atoms with Crippen LogP contribution in [0.3, 0.4) is 0 Å². The number of esters is 1. The molecule has 0 aromatic carbocycles. The molecule has 2 fully saturated rings. The van der Waals surface area contributed by atoms with Crippen LogP contribution in [0, 0.1) is 0 Å². The summed E-state index contributed by atoms with van der Waals surface area (Å²) in [6, 6.07) is -0.0339. The number of methoxy groups -OCH3 is 1. The Hall–Kier alpha value is -4.67. The van der Waals surface area contributed by atoms with E-state index in [1.807, 2.05) is 18.8 Å². The van der Waals surface area contributed by atoms with Gasteiger partial charge < -0.3 is 60.3 Å². The third-order valence-corrected chi connectivity index (χ3v) is 8.78. The van der Waals surface area contributed by atoms with Crippen molar-refractivity contribution in [2.75, 3.05) is 26.9 Å². The number of carbonyl (C=O) groups is 5. The number of aromatic amines is 1. The summed E-state index contributed by atoms with van der Waals surface area (Å²) in [4.78, 5) is 90.7. The molecule has 21 heteroatoms. The average Bonchev–Trinajstić information content (AvgIpc) is 3.38. The van der Waals surface area contributed by atoms with Crippen molar-refractivity contribution in [3.63, 3.8) is 0 Å². The molecule has 4 amide bonds. The predicted octanol–water partition coefficient (Wildman–Crippen LogP) is -3.31. The zero-order valence-corrected chi connectivity index (χ0v) is 30.1. The van der Waals surface area contributed by atoms with E-state index in [0.29, 0.717) is 25.9 Å². The number of amides is 4. The number of rotatable bonds is 17. The lowest BCUT2D eigenvalue weighted by molar-refractivity contribution is -0.241. The monoisotopic (exact) mass is 768 g/mol. The van der Waals surface area contributed by atoms with Crippen molar-refractivity contribution < 1.29 is 62.6 Å². The Bertz CT molecular complexity index is 1650. The summed E-state index contributed by atoms with van der Waals surface area (Å²) in [6.45, 7) is 4.80. The van der Waals surface area contributed by atoms with E-state index in [4.69, 9.17) is 34.2 Å². The minimum absolute atomic E-state index is 0.100. The summed E-state index contributed by atoms with van der Waals surface area (Å²) in [5.41, 5.74) is 3.96. The molecule has 300 valence electrons. The SMILES string of the molecule is CCCOCCNC(=O)CCC(=O)O[C@@H]1[C@H](OC)[C@@H]([C@@H](O[C@H]2OC(C(=O)NC3CCC[C@@H](C)NC3=O)=C[C@H](O)[C@@H]2O)C(N)=O)O[C@H]1n1ccc(=O)[nH]c1=O. The van der Waals surface area contributed by atoms with Gasteiger partial charge in [0, 0.05) is 45.0 Å². The summed E-state index contributed by atoms with van der Waals surface area (Å²) in [7, 11) is 1.16. The molecule has 8 N–H and O–H groups in total.